The minimum atomic E-state index is -5.40. The Morgan fingerprint density at radius 3 is 2.19 bits per heavy atom. The summed E-state index contributed by atoms with van der Waals surface area (Å²) in [4.78, 5) is 2.00. The molecular weight excluding hydrogens is 396 g/mol. The Balaban J connectivity index is 2.16. The third kappa shape index (κ3) is 4.02. The zero-order chi connectivity index (χ0) is 22.9. The molecule has 0 fully saturated rings. The predicted octanol–water partition coefficient (Wildman–Crippen LogP) is 6.50. The van der Waals surface area contributed by atoms with E-state index < -0.39 is 13.3 Å². The maximum absolute atomic E-state index is 13.9. The van der Waals surface area contributed by atoms with E-state index in [1.165, 1.54) is 6.07 Å². The fourth-order valence-electron chi connectivity index (χ4n) is 4.06. The van der Waals surface area contributed by atoms with Gasteiger partial charge in [0.05, 0.1) is 11.3 Å². The third-order valence-corrected chi connectivity index (χ3v) is 5.60. The topological polar surface area (TPSA) is 7.12 Å². The van der Waals surface area contributed by atoms with E-state index in [9.17, 15) is 12.9 Å². The SMILES string of the molecule is [2H]c1cc(N(CC)CC)c(-c2c(-c3ccccc3)ccc3ccccc23)c[n+]1[B-](F)(F)F. The first-order valence-electron chi connectivity index (χ1n) is 10.9. The minimum absolute atomic E-state index is 0.152. The molecule has 1 aromatic heterocycles. The van der Waals surface area contributed by atoms with E-state index >= 15 is 0 Å². The average molecular weight is 421 g/mol. The maximum Gasteiger partial charge on any atom is 0.810 e. The van der Waals surface area contributed by atoms with E-state index in [0.717, 1.165) is 33.7 Å². The molecule has 0 saturated carbocycles. The lowest BCUT2D eigenvalue weighted by Gasteiger charge is -2.26. The lowest BCUT2D eigenvalue weighted by atomic mass is 9.89. The molecule has 0 N–H and O–H groups in total. The molecule has 4 aromatic rings. The molecule has 1 heterocycles. The van der Waals surface area contributed by atoms with Crippen LogP contribution in [0.5, 0.6) is 0 Å². The van der Waals surface area contributed by atoms with Crippen LogP contribution < -0.4 is 9.38 Å². The maximum atomic E-state index is 13.9. The van der Waals surface area contributed by atoms with E-state index in [-0.39, 0.29) is 4.48 Å². The van der Waals surface area contributed by atoms with Crippen molar-refractivity contribution < 1.29 is 18.8 Å². The zero-order valence-corrected chi connectivity index (χ0v) is 17.5. The molecule has 0 atom stereocenters. The van der Waals surface area contributed by atoms with Crippen LogP contribution >= 0.6 is 0 Å². The smallest absolute Gasteiger partial charge is 0.379 e. The lowest BCUT2D eigenvalue weighted by Crippen LogP contribution is -2.55. The van der Waals surface area contributed by atoms with Gasteiger partial charge in [0.2, 0.25) is 0 Å². The van der Waals surface area contributed by atoms with Crippen molar-refractivity contribution in [1.29, 1.82) is 0 Å². The monoisotopic (exact) mass is 421 g/mol. The van der Waals surface area contributed by atoms with E-state index in [4.69, 9.17) is 1.37 Å². The standard InChI is InChI=1S/C25H24BF3N2/c1-3-30(4-2)24-16-17-31(26(27,28)29)18-23(24)25-21-13-9-8-12-20(21)14-15-22(25)19-10-6-5-7-11-19/h5-18H,3-4H2,1-2H3/i17D. The molecule has 2 nitrogen and oxygen atoms in total. The number of nitrogens with zero attached hydrogens (tertiary/aromatic N) is 2. The number of benzene rings is 3. The van der Waals surface area contributed by atoms with Gasteiger partial charge in [-0.2, -0.15) is 0 Å². The normalized spacial score (nSPS) is 12.1. The van der Waals surface area contributed by atoms with Crippen molar-refractivity contribution in [3.8, 4) is 22.3 Å². The highest BCUT2D eigenvalue weighted by molar-refractivity contribution is 6.48. The Morgan fingerprint density at radius 2 is 1.52 bits per heavy atom. The molecule has 0 aliphatic rings. The van der Waals surface area contributed by atoms with Crippen LogP contribution in [0.1, 0.15) is 15.2 Å². The van der Waals surface area contributed by atoms with E-state index in [1.54, 1.807) is 0 Å². The summed E-state index contributed by atoms with van der Waals surface area (Å²) >= 11 is 0. The number of pyridine rings is 1. The summed E-state index contributed by atoms with van der Waals surface area (Å²) in [5.74, 6) is 0. The summed E-state index contributed by atoms with van der Waals surface area (Å²) in [6, 6.07) is 22.7. The van der Waals surface area contributed by atoms with Gasteiger partial charge in [-0.3, -0.25) is 0 Å². The highest BCUT2D eigenvalue weighted by Crippen LogP contribution is 2.41. The lowest BCUT2D eigenvalue weighted by molar-refractivity contribution is -0.575. The number of anilines is 1. The Morgan fingerprint density at radius 1 is 0.839 bits per heavy atom. The summed E-state index contributed by atoms with van der Waals surface area (Å²) in [7, 11) is -5.40. The van der Waals surface area contributed by atoms with Crippen molar-refractivity contribution in [3.05, 3.63) is 85.2 Å². The van der Waals surface area contributed by atoms with Crippen molar-refractivity contribution >= 4 is 23.6 Å². The molecule has 0 saturated heterocycles. The average Bonchev–Trinajstić information content (AvgIpc) is 2.79. The van der Waals surface area contributed by atoms with Gasteiger partial charge in [0, 0.05) is 24.7 Å². The second-order valence-corrected chi connectivity index (χ2v) is 7.40. The van der Waals surface area contributed by atoms with Crippen LogP contribution in [0.4, 0.5) is 18.6 Å². The van der Waals surface area contributed by atoms with Gasteiger partial charge in [-0.15, -0.1) is 0 Å². The van der Waals surface area contributed by atoms with Crippen LogP contribution in [0.2, 0.25) is 0 Å². The molecule has 0 spiro atoms. The van der Waals surface area contributed by atoms with Crippen molar-refractivity contribution in [2.24, 2.45) is 0 Å². The van der Waals surface area contributed by atoms with Crippen molar-refractivity contribution in [2.75, 3.05) is 18.0 Å². The highest BCUT2D eigenvalue weighted by Gasteiger charge is 2.41. The predicted molar refractivity (Wildman–Crippen MR) is 123 cm³/mol. The van der Waals surface area contributed by atoms with Gasteiger partial charge in [-0.1, -0.05) is 66.7 Å². The van der Waals surface area contributed by atoms with Crippen LogP contribution in [0.3, 0.4) is 0 Å². The largest absolute Gasteiger partial charge is 0.810 e. The van der Waals surface area contributed by atoms with Crippen LogP contribution in [0.15, 0.2) is 85.2 Å². The van der Waals surface area contributed by atoms with Crippen LogP contribution in [0.25, 0.3) is 33.0 Å². The van der Waals surface area contributed by atoms with Gasteiger partial charge < -0.3 is 22.3 Å². The van der Waals surface area contributed by atoms with Gasteiger partial charge in [0.1, 0.15) is 13.7 Å². The quantitative estimate of drug-likeness (QED) is 0.323. The van der Waals surface area contributed by atoms with Crippen LogP contribution in [-0.2, 0) is 0 Å². The Hall–Kier alpha value is -3.28. The molecule has 4 rings (SSSR count). The second kappa shape index (κ2) is 8.46. The van der Waals surface area contributed by atoms with Gasteiger partial charge in [-0.05, 0) is 35.7 Å². The van der Waals surface area contributed by atoms with Gasteiger partial charge in [0.15, 0.2) is 0 Å². The summed E-state index contributed by atoms with van der Waals surface area (Å²) in [6.45, 7) is 5.17. The second-order valence-electron chi connectivity index (χ2n) is 7.40. The highest BCUT2D eigenvalue weighted by atomic mass is 19.4. The number of fused-ring (bicyclic) bond motifs is 1. The minimum Gasteiger partial charge on any atom is -0.379 e. The van der Waals surface area contributed by atoms with Crippen molar-refractivity contribution in [2.45, 2.75) is 13.8 Å². The fourth-order valence-corrected chi connectivity index (χ4v) is 4.06. The third-order valence-electron chi connectivity index (χ3n) is 5.60. The molecular formula is C25H24BF3N2. The first kappa shape index (κ1) is 19.7. The van der Waals surface area contributed by atoms with Crippen LogP contribution in [-0.4, -0.2) is 20.2 Å². The molecule has 0 aliphatic heterocycles. The number of aromatic nitrogens is 1. The summed E-state index contributed by atoms with van der Waals surface area (Å²) in [5, 5.41) is 1.83. The molecule has 0 aliphatic carbocycles. The molecule has 0 amide bonds. The number of rotatable bonds is 6. The van der Waals surface area contributed by atoms with Crippen LogP contribution in [0, 0.1) is 0 Å². The Bertz CT molecular complexity index is 1260. The van der Waals surface area contributed by atoms with E-state index in [2.05, 4.69) is 0 Å². The molecule has 6 heteroatoms. The Kier molecular flexibility index (Phi) is 5.37. The molecule has 0 radical (unpaired) electrons. The van der Waals surface area contributed by atoms with Gasteiger partial charge in [0.25, 0.3) is 0 Å². The van der Waals surface area contributed by atoms with E-state index in [0.29, 0.717) is 24.3 Å². The van der Waals surface area contributed by atoms with Gasteiger partial charge in [-0.25, -0.2) is 0 Å². The summed E-state index contributed by atoms with van der Waals surface area (Å²) in [5.41, 5.74) is 3.63. The molecule has 0 unspecified atom stereocenters. The van der Waals surface area contributed by atoms with Crippen molar-refractivity contribution in [1.82, 2.24) is 0 Å². The summed E-state index contributed by atoms with van der Waals surface area (Å²) in [6.07, 6.45) is 0.536. The first-order chi connectivity index (χ1) is 15.3. The molecule has 158 valence electrons. The number of hydrogen-bond acceptors (Lipinski definition) is 1. The Labute approximate surface area is 182 Å². The number of halogens is 3. The molecule has 3 aromatic carbocycles. The zero-order valence-electron chi connectivity index (χ0n) is 18.5. The molecule has 0 bridgehead atoms. The first-order valence-corrected chi connectivity index (χ1v) is 10.4. The summed E-state index contributed by atoms with van der Waals surface area (Å²) < 4.78 is 49.8. The van der Waals surface area contributed by atoms with Crippen molar-refractivity contribution in [3.63, 3.8) is 0 Å². The van der Waals surface area contributed by atoms with Gasteiger partial charge >= 0.3 is 7.11 Å². The number of hydrogen-bond donors (Lipinski definition) is 0. The molecule has 31 heavy (non-hydrogen) atoms. The fraction of sp³-hybridized carbons (Fsp3) is 0.160. The van der Waals surface area contributed by atoms with E-state index in [1.807, 2.05) is 85.5 Å².